The number of methoxy groups -OCH3 is 2. The molecule has 1 heterocycles. The molecule has 3 aromatic carbocycles. The highest BCUT2D eigenvalue weighted by Crippen LogP contribution is 2.37. The van der Waals surface area contributed by atoms with E-state index in [-0.39, 0.29) is 5.70 Å². The minimum absolute atomic E-state index is 0.234. The van der Waals surface area contributed by atoms with E-state index in [1.165, 1.54) is 14.2 Å². The summed E-state index contributed by atoms with van der Waals surface area (Å²) in [6.45, 7) is 5.95. The number of carbonyl (C=O) groups is 2. The highest BCUT2D eigenvalue weighted by atomic mass is 16.5. The maximum Gasteiger partial charge on any atom is 0.282 e. The summed E-state index contributed by atoms with van der Waals surface area (Å²) < 4.78 is 10.7. The minimum atomic E-state index is -0.439. The number of aryl methyl sites for hydroxylation is 3. The molecule has 0 unspecified atom stereocenters. The number of ether oxygens (including phenoxy) is 2. The first kappa shape index (κ1) is 22.1. The minimum Gasteiger partial charge on any atom is -0.497 e. The van der Waals surface area contributed by atoms with Crippen molar-refractivity contribution in [1.29, 1.82) is 0 Å². The van der Waals surface area contributed by atoms with Gasteiger partial charge in [0.05, 0.1) is 25.5 Å². The Hall–Kier alpha value is -4.06. The van der Waals surface area contributed by atoms with Gasteiger partial charge < -0.3 is 14.8 Å². The molecule has 3 aromatic rings. The normalized spacial score (nSPS) is 13.5. The predicted octanol–water partition coefficient (Wildman–Crippen LogP) is 5.03. The summed E-state index contributed by atoms with van der Waals surface area (Å²) in [6.07, 6.45) is 0. The molecule has 1 aliphatic heterocycles. The Morgan fingerprint density at radius 2 is 1.33 bits per heavy atom. The second-order valence-electron chi connectivity index (χ2n) is 8.08. The van der Waals surface area contributed by atoms with Crippen LogP contribution in [0.1, 0.15) is 22.3 Å². The SMILES string of the molecule is COc1cc(OC)cc(N2C(=O)C(Nc3ccc(C)cc3C)=C(c3ccc(C)cc3)C2=O)c1. The van der Waals surface area contributed by atoms with Gasteiger partial charge in [-0.2, -0.15) is 0 Å². The Morgan fingerprint density at radius 1 is 0.727 bits per heavy atom. The molecule has 168 valence electrons. The number of amides is 2. The topological polar surface area (TPSA) is 67.9 Å². The third-order valence-electron chi connectivity index (χ3n) is 5.66. The van der Waals surface area contributed by atoms with Crippen molar-refractivity contribution in [1.82, 2.24) is 0 Å². The van der Waals surface area contributed by atoms with Gasteiger partial charge in [-0.3, -0.25) is 9.59 Å². The van der Waals surface area contributed by atoms with Crippen LogP contribution < -0.4 is 19.7 Å². The molecule has 33 heavy (non-hydrogen) atoms. The lowest BCUT2D eigenvalue weighted by molar-refractivity contribution is -0.120. The van der Waals surface area contributed by atoms with Crippen LogP contribution in [0, 0.1) is 20.8 Å². The summed E-state index contributed by atoms with van der Waals surface area (Å²) in [5.41, 5.74) is 5.53. The first-order chi connectivity index (χ1) is 15.8. The van der Waals surface area contributed by atoms with Crippen LogP contribution >= 0.6 is 0 Å². The molecule has 0 aliphatic carbocycles. The highest BCUT2D eigenvalue weighted by molar-refractivity contribution is 6.46. The van der Waals surface area contributed by atoms with Gasteiger partial charge in [0.25, 0.3) is 11.8 Å². The third-order valence-corrected chi connectivity index (χ3v) is 5.66. The van der Waals surface area contributed by atoms with E-state index in [1.807, 2.05) is 63.2 Å². The maximum absolute atomic E-state index is 13.7. The van der Waals surface area contributed by atoms with Crippen LogP contribution in [0.2, 0.25) is 0 Å². The van der Waals surface area contributed by atoms with Crippen LogP contribution in [0.15, 0.2) is 66.4 Å². The molecule has 6 heteroatoms. The van der Waals surface area contributed by atoms with Crippen molar-refractivity contribution in [2.24, 2.45) is 0 Å². The molecular weight excluding hydrogens is 416 g/mol. The standard InChI is InChI=1S/C27H26N2O4/c1-16-6-9-19(10-7-16)24-25(28-23-11-8-17(2)12-18(23)3)27(31)29(26(24)30)20-13-21(32-4)15-22(14-20)33-5/h6-15,28H,1-5H3. The summed E-state index contributed by atoms with van der Waals surface area (Å²) in [7, 11) is 3.05. The smallest absolute Gasteiger partial charge is 0.282 e. The fourth-order valence-corrected chi connectivity index (χ4v) is 3.88. The molecule has 1 N–H and O–H groups in total. The molecule has 6 nitrogen and oxygen atoms in total. The highest BCUT2D eigenvalue weighted by Gasteiger charge is 2.40. The van der Waals surface area contributed by atoms with Crippen LogP contribution in [0.4, 0.5) is 11.4 Å². The number of rotatable bonds is 6. The van der Waals surface area contributed by atoms with Crippen molar-refractivity contribution >= 4 is 28.8 Å². The molecule has 0 saturated carbocycles. The number of nitrogens with zero attached hydrogens (tertiary/aromatic N) is 1. The monoisotopic (exact) mass is 442 g/mol. The third kappa shape index (κ3) is 4.20. The Balaban J connectivity index is 1.85. The maximum atomic E-state index is 13.7. The van der Waals surface area contributed by atoms with Gasteiger partial charge in [0, 0.05) is 23.9 Å². The largest absolute Gasteiger partial charge is 0.497 e. The molecule has 0 saturated heterocycles. The van der Waals surface area contributed by atoms with E-state index in [9.17, 15) is 9.59 Å². The Kier molecular flexibility index (Phi) is 5.92. The van der Waals surface area contributed by atoms with E-state index >= 15 is 0 Å². The van der Waals surface area contributed by atoms with Gasteiger partial charge in [0.15, 0.2) is 0 Å². The zero-order valence-corrected chi connectivity index (χ0v) is 19.4. The summed E-state index contributed by atoms with van der Waals surface area (Å²) in [5, 5.41) is 3.24. The summed E-state index contributed by atoms with van der Waals surface area (Å²) in [6, 6.07) is 18.4. The molecule has 0 bridgehead atoms. The lowest BCUT2D eigenvalue weighted by Crippen LogP contribution is -2.32. The summed E-state index contributed by atoms with van der Waals surface area (Å²) in [4.78, 5) is 28.5. The van der Waals surface area contributed by atoms with E-state index in [2.05, 4.69) is 5.32 Å². The van der Waals surface area contributed by atoms with E-state index in [1.54, 1.807) is 18.2 Å². The van der Waals surface area contributed by atoms with Gasteiger partial charge in [0.1, 0.15) is 17.2 Å². The van der Waals surface area contributed by atoms with Gasteiger partial charge in [0.2, 0.25) is 0 Å². The summed E-state index contributed by atoms with van der Waals surface area (Å²) >= 11 is 0. The van der Waals surface area contributed by atoms with Crippen LogP contribution in [0.3, 0.4) is 0 Å². The second-order valence-corrected chi connectivity index (χ2v) is 8.08. The molecule has 1 aliphatic rings. The molecule has 0 atom stereocenters. The van der Waals surface area contributed by atoms with Crippen LogP contribution in [-0.4, -0.2) is 26.0 Å². The van der Waals surface area contributed by atoms with Crippen molar-refractivity contribution in [3.63, 3.8) is 0 Å². The molecular formula is C27H26N2O4. The van der Waals surface area contributed by atoms with Crippen molar-refractivity contribution in [2.45, 2.75) is 20.8 Å². The van der Waals surface area contributed by atoms with E-state index < -0.39 is 11.8 Å². The number of anilines is 2. The number of imide groups is 1. The van der Waals surface area contributed by atoms with Crippen molar-refractivity contribution in [3.05, 3.63) is 88.6 Å². The fraction of sp³-hybridized carbons (Fsp3) is 0.185. The number of hydrogen-bond donors (Lipinski definition) is 1. The Bertz CT molecular complexity index is 1250. The Labute approximate surface area is 193 Å². The van der Waals surface area contributed by atoms with Crippen LogP contribution in [0.5, 0.6) is 11.5 Å². The molecule has 0 spiro atoms. The van der Waals surface area contributed by atoms with Gasteiger partial charge in [-0.1, -0.05) is 47.5 Å². The van der Waals surface area contributed by atoms with Crippen molar-refractivity contribution in [2.75, 3.05) is 24.4 Å². The van der Waals surface area contributed by atoms with E-state index in [4.69, 9.17) is 9.47 Å². The molecule has 0 aromatic heterocycles. The van der Waals surface area contributed by atoms with Gasteiger partial charge in [-0.25, -0.2) is 4.90 Å². The average molecular weight is 443 g/mol. The van der Waals surface area contributed by atoms with E-state index in [0.29, 0.717) is 28.3 Å². The zero-order valence-electron chi connectivity index (χ0n) is 19.4. The second kappa shape index (κ2) is 8.82. The first-order valence-electron chi connectivity index (χ1n) is 10.6. The quantitative estimate of drug-likeness (QED) is 0.543. The first-order valence-corrected chi connectivity index (χ1v) is 10.6. The van der Waals surface area contributed by atoms with E-state index in [0.717, 1.165) is 27.3 Å². The average Bonchev–Trinajstić information content (AvgIpc) is 3.05. The zero-order chi connectivity index (χ0) is 23.7. The number of benzene rings is 3. The van der Waals surface area contributed by atoms with Gasteiger partial charge >= 0.3 is 0 Å². The lowest BCUT2D eigenvalue weighted by atomic mass is 10.0. The predicted molar refractivity (Wildman–Crippen MR) is 130 cm³/mol. The van der Waals surface area contributed by atoms with Crippen LogP contribution in [-0.2, 0) is 9.59 Å². The molecule has 4 rings (SSSR count). The molecule has 0 fully saturated rings. The fourth-order valence-electron chi connectivity index (χ4n) is 3.88. The number of carbonyl (C=O) groups excluding carboxylic acids is 2. The number of nitrogens with one attached hydrogen (secondary N) is 1. The molecule has 0 radical (unpaired) electrons. The van der Waals surface area contributed by atoms with Crippen molar-refractivity contribution in [3.8, 4) is 11.5 Å². The lowest BCUT2D eigenvalue weighted by Gasteiger charge is -2.18. The van der Waals surface area contributed by atoms with Crippen LogP contribution in [0.25, 0.3) is 5.57 Å². The molecule has 2 amide bonds. The van der Waals surface area contributed by atoms with Gasteiger partial charge in [-0.15, -0.1) is 0 Å². The van der Waals surface area contributed by atoms with Crippen molar-refractivity contribution < 1.29 is 19.1 Å². The number of hydrogen-bond acceptors (Lipinski definition) is 5. The summed E-state index contributed by atoms with van der Waals surface area (Å²) in [5.74, 6) is 0.118. The van der Waals surface area contributed by atoms with Gasteiger partial charge in [-0.05, 0) is 38.0 Å². The Morgan fingerprint density at radius 3 is 1.91 bits per heavy atom.